The van der Waals surface area contributed by atoms with Crippen LogP contribution < -0.4 is 0 Å². The predicted molar refractivity (Wildman–Crippen MR) is 86.4 cm³/mol. The summed E-state index contributed by atoms with van der Waals surface area (Å²) >= 11 is 0. The van der Waals surface area contributed by atoms with Crippen LogP contribution in [0.4, 0.5) is 5.69 Å². The summed E-state index contributed by atoms with van der Waals surface area (Å²) in [5.41, 5.74) is 0.482. The lowest BCUT2D eigenvalue weighted by Crippen LogP contribution is -2.36. The number of nitro benzene ring substituents is 1. The number of carbonyl (C=O) groups is 2. The number of hydrogen-bond acceptors (Lipinski definition) is 6. The number of amides is 1. The van der Waals surface area contributed by atoms with Crippen molar-refractivity contribution in [3.05, 3.63) is 51.3 Å². The minimum Gasteiger partial charge on any atom is -0.503 e. The summed E-state index contributed by atoms with van der Waals surface area (Å²) in [6.07, 6.45) is 0. The van der Waals surface area contributed by atoms with Crippen LogP contribution in [0.2, 0.25) is 0 Å². The molecule has 1 atom stereocenters. The van der Waals surface area contributed by atoms with Gasteiger partial charge in [0.1, 0.15) is 0 Å². The van der Waals surface area contributed by atoms with Crippen LogP contribution in [0.1, 0.15) is 18.5 Å². The molecule has 8 nitrogen and oxygen atoms in total. The molecule has 1 aromatic carbocycles. The van der Waals surface area contributed by atoms with E-state index in [9.17, 15) is 24.8 Å². The maximum Gasteiger partial charge on any atom is 0.290 e. The molecule has 0 saturated carbocycles. The third kappa shape index (κ3) is 3.28. The fourth-order valence-electron chi connectivity index (χ4n) is 2.68. The highest BCUT2D eigenvalue weighted by Crippen LogP contribution is 2.37. The molecule has 1 heterocycles. The van der Waals surface area contributed by atoms with Crippen molar-refractivity contribution in [3.63, 3.8) is 0 Å². The third-order valence-electron chi connectivity index (χ3n) is 3.89. The van der Waals surface area contributed by atoms with Crippen molar-refractivity contribution in [1.82, 2.24) is 9.80 Å². The molecule has 1 aliphatic rings. The third-order valence-corrected chi connectivity index (χ3v) is 3.89. The molecular formula is C16H19N3O5. The summed E-state index contributed by atoms with van der Waals surface area (Å²) in [5, 5.41) is 20.9. The molecule has 1 N–H and O–H groups in total. The fraction of sp³-hybridized carbons (Fsp3) is 0.375. The first-order valence-electron chi connectivity index (χ1n) is 7.38. The Bertz CT molecular complexity index is 709. The smallest absolute Gasteiger partial charge is 0.290 e. The van der Waals surface area contributed by atoms with Crippen molar-refractivity contribution in [1.29, 1.82) is 0 Å². The van der Waals surface area contributed by atoms with Gasteiger partial charge in [0.15, 0.2) is 11.5 Å². The molecule has 0 bridgehead atoms. The molecule has 1 amide bonds. The van der Waals surface area contributed by atoms with Crippen LogP contribution in [0.15, 0.2) is 35.6 Å². The number of aliphatic hydroxyl groups is 1. The molecule has 1 unspecified atom stereocenters. The van der Waals surface area contributed by atoms with E-state index in [1.54, 1.807) is 0 Å². The fourth-order valence-corrected chi connectivity index (χ4v) is 2.68. The van der Waals surface area contributed by atoms with Crippen molar-refractivity contribution in [2.75, 3.05) is 27.2 Å². The quantitative estimate of drug-likeness (QED) is 0.624. The van der Waals surface area contributed by atoms with Crippen molar-refractivity contribution in [2.24, 2.45) is 0 Å². The van der Waals surface area contributed by atoms with Crippen LogP contribution in [0.25, 0.3) is 0 Å². The normalized spacial score (nSPS) is 17.8. The van der Waals surface area contributed by atoms with E-state index in [4.69, 9.17) is 0 Å². The standard InChI is InChI=1S/C16H19N3O5/c1-10(20)13-14(11-4-6-12(7-5-11)19(23)24)18(9-8-17(2)3)16(22)15(13)21/h4-7,14,21H,8-9H2,1-3H3. The number of carbonyl (C=O) groups excluding carboxylic acids is 2. The number of non-ortho nitro benzene ring substituents is 1. The number of rotatable bonds is 6. The first-order valence-corrected chi connectivity index (χ1v) is 7.38. The van der Waals surface area contributed by atoms with E-state index in [-0.39, 0.29) is 11.3 Å². The van der Waals surface area contributed by atoms with Gasteiger partial charge >= 0.3 is 0 Å². The van der Waals surface area contributed by atoms with Crippen LogP contribution >= 0.6 is 0 Å². The van der Waals surface area contributed by atoms with E-state index in [0.29, 0.717) is 18.7 Å². The van der Waals surface area contributed by atoms with Crippen LogP contribution in [-0.4, -0.2) is 58.7 Å². The Balaban J connectivity index is 2.44. The molecule has 1 aliphatic heterocycles. The molecule has 0 aromatic heterocycles. The number of aliphatic hydroxyl groups excluding tert-OH is 1. The molecule has 0 fully saturated rings. The Kier molecular flexibility index (Phi) is 4.99. The zero-order valence-electron chi connectivity index (χ0n) is 13.7. The zero-order chi connectivity index (χ0) is 18.0. The van der Waals surface area contributed by atoms with Crippen LogP contribution in [0.3, 0.4) is 0 Å². The van der Waals surface area contributed by atoms with Gasteiger partial charge in [-0.05, 0) is 38.7 Å². The molecule has 2 rings (SSSR count). The monoisotopic (exact) mass is 333 g/mol. The minimum absolute atomic E-state index is 0.0209. The van der Waals surface area contributed by atoms with Gasteiger partial charge < -0.3 is 14.9 Å². The lowest BCUT2D eigenvalue weighted by Gasteiger charge is -2.27. The van der Waals surface area contributed by atoms with Gasteiger partial charge in [-0.15, -0.1) is 0 Å². The van der Waals surface area contributed by atoms with Crippen molar-refractivity contribution < 1.29 is 19.6 Å². The number of nitrogens with zero attached hydrogens (tertiary/aromatic N) is 3. The molecule has 0 radical (unpaired) electrons. The topological polar surface area (TPSA) is 104 Å². The summed E-state index contributed by atoms with van der Waals surface area (Å²) < 4.78 is 0. The zero-order valence-corrected chi connectivity index (χ0v) is 13.7. The Hall–Kier alpha value is -2.74. The number of Topliss-reactive ketones (excluding diaryl/α,β-unsaturated/α-hetero) is 1. The Morgan fingerprint density at radius 3 is 2.38 bits per heavy atom. The maximum atomic E-state index is 12.3. The van der Waals surface area contributed by atoms with Gasteiger partial charge in [-0.3, -0.25) is 19.7 Å². The first kappa shape index (κ1) is 17.6. The van der Waals surface area contributed by atoms with Crippen molar-refractivity contribution in [2.45, 2.75) is 13.0 Å². The van der Waals surface area contributed by atoms with Crippen LogP contribution in [-0.2, 0) is 9.59 Å². The molecule has 0 saturated heterocycles. The second-order valence-corrected chi connectivity index (χ2v) is 5.87. The average molecular weight is 333 g/mol. The van der Waals surface area contributed by atoms with Crippen molar-refractivity contribution >= 4 is 17.4 Å². The van der Waals surface area contributed by atoms with E-state index in [1.165, 1.54) is 36.1 Å². The number of likely N-dealkylation sites (N-methyl/N-ethyl adjacent to an activating group) is 1. The Labute approximate surface area is 139 Å². The highest BCUT2D eigenvalue weighted by atomic mass is 16.6. The highest BCUT2D eigenvalue weighted by Gasteiger charge is 2.42. The highest BCUT2D eigenvalue weighted by molar-refractivity contribution is 6.08. The van der Waals surface area contributed by atoms with Crippen molar-refractivity contribution in [3.8, 4) is 0 Å². The largest absolute Gasteiger partial charge is 0.503 e. The molecule has 24 heavy (non-hydrogen) atoms. The predicted octanol–water partition coefficient (Wildman–Crippen LogP) is 1.44. The molecule has 0 spiro atoms. The molecule has 128 valence electrons. The molecule has 1 aromatic rings. The van der Waals surface area contributed by atoms with Gasteiger partial charge in [-0.25, -0.2) is 0 Å². The summed E-state index contributed by atoms with van der Waals surface area (Å²) in [6.45, 7) is 2.15. The number of hydrogen-bond donors (Lipinski definition) is 1. The average Bonchev–Trinajstić information content (AvgIpc) is 2.77. The SMILES string of the molecule is CC(=O)C1=C(O)C(=O)N(CCN(C)C)C1c1ccc([N+](=O)[O-])cc1. The lowest BCUT2D eigenvalue weighted by atomic mass is 9.96. The Morgan fingerprint density at radius 1 is 1.33 bits per heavy atom. The number of benzene rings is 1. The second-order valence-electron chi connectivity index (χ2n) is 5.87. The van der Waals surface area contributed by atoms with Crippen LogP contribution in [0, 0.1) is 10.1 Å². The van der Waals surface area contributed by atoms with E-state index in [1.807, 2.05) is 19.0 Å². The molecule has 0 aliphatic carbocycles. The van der Waals surface area contributed by atoms with Gasteiger partial charge in [-0.2, -0.15) is 0 Å². The lowest BCUT2D eigenvalue weighted by molar-refractivity contribution is -0.384. The summed E-state index contributed by atoms with van der Waals surface area (Å²) in [6, 6.07) is 4.89. The van der Waals surface area contributed by atoms with Crippen LogP contribution in [0.5, 0.6) is 0 Å². The number of nitro groups is 1. The van der Waals surface area contributed by atoms with E-state index in [0.717, 1.165) is 0 Å². The van der Waals surface area contributed by atoms with E-state index >= 15 is 0 Å². The Morgan fingerprint density at radius 2 is 1.92 bits per heavy atom. The summed E-state index contributed by atoms with van der Waals surface area (Å²) in [4.78, 5) is 37.8. The van der Waals surface area contributed by atoms with E-state index in [2.05, 4.69) is 0 Å². The maximum absolute atomic E-state index is 12.3. The van der Waals surface area contributed by atoms with Gasteiger partial charge in [0.2, 0.25) is 0 Å². The first-order chi connectivity index (χ1) is 11.2. The van der Waals surface area contributed by atoms with Gasteiger partial charge in [-0.1, -0.05) is 0 Å². The minimum atomic E-state index is -0.740. The molecular weight excluding hydrogens is 314 g/mol. The second kappa shape index (κ2) is 6.79. The van der Waals surface area contributed by atoms with Gasteiger partial charge in [0.25, 0.3) is 11.6 Å². The summed E-state index contributed by atoms with van der Waals surface area (Å²) in [5.74, 6) is -1.56. The molecule has 8 heteroatoms. The van der Waals surface area contributed by atoms with E-state index < -0.39 is 28.4 Å². The van der Waals surface area contributed by atoms with Gasteiger partial charge in [0, 0.05) is 25.2 Å². The van der Waals surface area contributed by atoms with Gasteiger partial charge in [0.05, 0.1) is 16.5 Å². The number of ketones is 1. The summed E-state index contributed by atoms with van der Waals surface area (Å²) in [7, 11) is 3.70.